The number of pyridine rings is 1. The van der Waals surface area contributed by atoms with Crippen molar-refractivity contribution in [2.75, 3.05) is 12.0 Å². The number of aryl methyl sites for hydroxylation is 1. The first kappa shape index (κ1) is 24.3. The van der Waals surface area contributed by atoms with Crippen molar-refractivity contribution in [3.05, 3.63) is 106 Å². The van der Waals surface area contributed by atoms with Gasteiger partial charge in [0.15, 0.2) is 5.11 Å². The lowest BCUT2D eigenvalue weighted by molar-refractivity contribution is -0.384. The molecule has 5 rings (SSSR count). The molecule has 2 N–H and O–H groups in total. The quantitative estimate of drug-likeness (QED) is 0.203. The molecule has 2 aromatic carbocycles. The molecule has 37 heavy (non-hydrogen) atoms. The summed E-state index contributed by atoms with van der Waals surface area (Å²) in [7, 11) is 1.49. The minimum Gasteiger partial charge on any atom is -0.506 e. The summed E-state index contributed by atoms with van der Waals surface area (Å²) in [5, 5.41) is 25.9. The smallest absolute Gasteiger partial charge is 0.273 e. The molecule has 0 spiro atoms. The Labute approximate surface area is 219 Å². The normalized spacial score (nSPS) is 17.1. The third kappa shape index (κ3) is 4.15. The van der Waals surface area contributed by atoms with Gasteiger partial charge in [-0.2, -0.15) is 0 Å². The first-order valence-corrected chi connectivity index (χ1v) is 12.0. The topological polar surface area (TPSA) is 106 Å². The summed E-state index contributed by atoms with van der Waals surface area (Å²) in [5.74, 6) is 0.505. The lowest BCUT2D eigenvalue weighted by atomic mass is 9.96. The average molecular weight is 516 g/mol. The number of aromatic hydroxyl groups is 1. The van der Waals surface area contributed by atoms with Gasteiger partial charge in [-0.3, -0.25) is 15.1 Å². The highest BCUT2D eigenvalue weighted by molar-refractivity contribution is 7.80. The van der Waals surface area contributed by atoms with E-state index in [1.165, 1.54) is 19.2 Å². The molecule has 0 bridgehead atoms. The number of para-hydroxylation sites is 2. The van der Waals surface area contributed by atoms with E-state index in [0.717, 1.165) is 22.6 Å². The largest absolute Gasteiger partial charge is 0.506 e. The van der Waals surface area contributed by atoms with Gasteiger partial charge >= 0.3 is 0 Å². The summed E-state index contributed by atoms with van der Waals surface area (Å²) in [6.45, 7) is 3.96. The van der Waals surface area contributed by atoms with Crippen LogP contribution in [0.15, 0.2) is 72.9 Å². The molecule has 0 amide bonds. The van der Waals surface area contributed by atoms with Crippen LogP contribution in [0.25, 0.3) is 5.69 Å². The Hall–Kier alpha value is -4.44. The number of nitro groups is 1. The van der Waals surface area contributed by atoms with Gasteiger partial charge < -0.3 is 24.6 Å². The number of nitro benzene ring substituents is 1. The molecular weight excluding hydrogens is 490 g/mol. The third-order valence-electron chi connectivity index (χ3n) is 6.64. The minimum atomic E-state index is -0.445. The van der Waals surface area contributed by atoms with Gasteiger partial charge in [-0.15, -0.1) is 0 Å². The van der Waals surface area contributed by atoms with Crippen molar-refractivity contribution in [3.8, 4) is 17.2 Å². The zero-order valence-electron chi connectivity index (χ0n) is 20.5. The molecule has 0 radical (unpaired) electrons. The number of ether oxygens (including phenoxy) is 1. The highest BCUT2D eigenvalue weighted by Gasteiger charge is 2.43. The molecule has 2 atom stereocenters. The average Bonchev–Trinajstić information content (AvgIpc) is 3.39. The standard InChI is InChI=1S/C27H25N5O4S/c1-16-14-19(17(2)30(16)22-12-11-18(32(34)35)15-24(22)36-3)26-25(20-8-6-7-13-28-20)29-27(37)31(26)21-9-4-5-10-23(21)33/h4-15,25-26,33H,1-3H3,(H,29,37)/t25-,26-/m0/s1. The molecule has 0 aliphatic carbocycles. The second-order valence-corrected chi connectivity index (χ2v) is 9.15. The van der Waals surface area contributed by atoms with Gasteiger partial charge in [0.25, 0.3) is 5.69 Å². The zero-order valence-corrected chi connectivity index (χ0v) is 21.3. The fraction of sp³-hybridized carbons (Fsp3) is 0.185. The maximum atomic E-state index is 11.3. The maximum Gasteiger partial charge on any atom is 0.273 e. The Bertz CT molecular complexity index is 1500. The van der Waals surface area contributed by atoms with Crippen molar-refractivity contribution in [3.63, 3.8) is 0 Å². The van der Waals surface area contributed by atoms with Crippen LogP contribution in [0, 0.1) is 24.0 Å². The molecule has 10 heteroatoms. The van der Waals surface area contributed by atoms with Crippen LogP contribution in [-0.2, 0) is 0 Å². The second kappa shape index (κ2) is 9.55. The molecule has 1 aliphatic rings. The number of non-ortho nitro benzene ring substituents is 1. The highest BCUT2D eigenvalue weighted by Crippen LogP contribution is 2.46. The fourth-order valence-electron chi connectivity index (χ4n) is 5.02. The Kier molecular flexibility index (Phi) is 6.26. The number of methoxy groups -OCH3 is 1. The van der Waals surface area contributed by atoms with Gasteiger partial charge in [0.1, 0.15) is 11.5 Å². The Morgan fingerprint density at radius 3 is 2.51 bits per heavy atom. The summed E-state index contributed by atoms with van der Waals surface area (Å²) in [4.78, 5) is 17.4. The molecule has 4 aromatic rings. The molecule has 1 saturated heterocycles. The van der Waals surface area contributed by atoms with E-state index in [-0.39, 0.29) is 23.5 Å². The number of nitrogens with one attached hydrogen (secondary N) is 1. The van der Waals surface area contributed by atoms with Crippen LogP contribution < -0.4 is 15.0 Å². The predicted molar refractivity (Wildman–Crippen MR) is 144 cm³/mol. The van der Waals surface area contributed by atoms with Crippen LogP contribution in [0.2, 0.25) is 0 Å². The number of phenols is 1. The van der Waals surface area contributed by atoms with E-state index < -0.39 is 4.92 Å². The predicted octanol–water partition coefficient (Wildman–Crippen LogP) is 5.29. The van der Waals surface area contributed by atoms with Crippen LogP contribution in [0.4, 0.5) is 11.4 Å². The number of benzene rings is 2. The van der Waals surface area contributed by atoms with Crippen LogP contribution in [0.3, 0.4) is 0 Å². The fourth-order valence-corrected chi connectivity index (χ4v) is 5.36. The van der Waals surface area contributed by atoms with Crippen molar-refractivity contribution >= 4 is 28.7 Å². The number of nitrogens with zero attached hydrogens (tertiary/aromatic N) is 4. The molecule has 1 aliphatic heterocycles. The van der Waals surface area contributed by atoms with Gasteiger partial charge in [-0.1, -0.05) is 18.2 Å². The number of hydrogen-bond donors (Lipinski definition) is 2. The van der Waals surface area contributed by atoms with E-state index in [0.29, 0.717) is 22.2 Å². The summed E-state index contributed by atoms with van der Waals surface area (Å²) in [5.41, 5.74) is 4.81. The van der Waals surface area contributed by atoms with Crippen molar-refractivity contribution in [2.24, 2.45) is 0 Å². The number of hydrogen-bond acceptors (Lipinski definition) is 6. The Balaban J connectivity index is 1.70. The van der Waals surface area contributed by atoms with Crippen molar-refractivity contribution in [1.29, 1.82) is 0 Å². The minimum absolute atomic E-state index is 0.0467. The number of anilines is 1. The SMILES string of the molecule is COc1cc([N+](=O)[O-])ccc1-n1c(C)cc([C@H]2[C@H](c3ccccn3)NC(=S)N2c2ccccc2O)c1C. The molecular formula is C27H25N5O4S. The summed E-state index contributed by atoms with van der Waals surface area (Å²) in [6.07, 6.45) is 1.74. The van der Waals surface area contributed by atoms with Gasteiger partial charge in [0.2, 0.25) is 0 Å². The number of thiocarbonyl (C=S) groups is 1. The molecule has 188 valence electrons. The van der Waals surface area contributed by atoms with E-state index in [1.54, 1.807) is 24.4 Å². The summed E-state index contributed by atoms with van der Waals surface area (Å²) < 4.78 is 7.55. The Morgan fingerprint density at radius 1 is 1.08 bits per heavy atom. The summed E-state index contributed by atoms with van der Waals surface area (Å²) in [6, 6.07) is 18.8. The van der Waals surface area contributed by atoms with Crippen molar-refractivity contribution in [2.45, 2.75) is 25.9 Å². The van der Waals surface area contributed by atoms with Gasteiger partial charge in [0.05, 0.1) is 47.3 Å². The van der Waals surface area contributed by atoms with Crippen LogP contribution in [-0.4, -0.2) is 31.8 Å². The second-order valence-electron chi connectivity index (χ2n) is 8.76. The van der Waals surface area contributed by atoms with E-state index in [4.69, 9.17) is 17.0 Å². The number of rotatable bonds is 6. The summed E-state index contributed by atoms with van der Waals surface area (Å²) >= 11 is 5.78. The lowest BCUT2D eigenvalue weighted by Gasteiger charge is -2.28. The molecule has 0 unspecified atom stereocenters. The number of aromatic nitrogens is 2. The van der Waals surface area contributed by atoms with E-state index in [2.05, 4.69) is 16.4 Å². The number of phenolic OH excluding ortho intramolecular Hbond substituents is 1. The first-order valence-electron chi connectivity index (χ1n) is 11.6. The third-order valence-corrected chi connectivity index (χ3v) is 6.96. The van der Waals surface area contributed by atoms with E-state index in [9.17, 15) is 15.2 Å². The van der Waals surface area contributed by atoms with Crippen LogP contribution in [0.1, 0.15) is 34.7 Å². The van der Waals surface area contributed by atoms with Gasteiger partial charge in [0, 0.05) is 23.7 Å². The van der Waals surface area contributed by atoms with Gasteiger partial charge in [-0.25, -0.2) is 0 Å². The first-order chi connectivity index (χ1) is 17.8. The van der Waals surface area contributed by atoms with Crippen LogP contribution >= 0.6 is 12.2 Å². The maximum absolute atomic E-state index is 11.3. The van der Waals surface area contributed by atoms with Crippen LogP contribution in [0.5, 0.6) is 11.5 Å². The molecule has 2 aromatic heterocycles. The van der Waals surface area contributed by atoms with Gasteiger partial charge in [-0.05, 0) is 68.0 Å². The van der Waals surface area contributed by atoms with E-state index >= 15 is 0 Å². The highest BCUT2D eigenvalue weighted by atomic mass is 32.1. The zero-order chi connectivity index (χ0) is 26.3. The Morgan fingerprint density at radius 2 is 1.84 bits per heavy atom. The van der Waals surface area contributed by atoms with E-state index in [1.807, 2.05) is 53.6 Å². The molecule has 1 fully saturated rings. The lowest BCUT2D eigenvalue weighted by Crippen LogP contribution is -2.29. The molecule has 9 nitrogen and oxygen atoms in total. The molecule has 0 saturated carbocycles. The van der Waals surface area contributed by atoms with Crippen molar-refractivity contribution < 1.29 is 14.8 Å². The van der Waals surface area contributed by atoms with Crippen molar-refractivity contribution in [1.82, 2.24) is 14.9 Å². The monoisotopic (exact) mass is 515 g/mol. The molecule has 3 heterocycles.